The minimum atomic E-state index is -0.0401. The average Bonchev–Trinajstić information content (AvgIpc) is 3.22. The minimum Gasteiger partial charge on any atom is -0.454 e. The highest BCUT2D eigenvalue weighted by Crippen LogP contribution is 2.37. The number of nitrogens with zero attached hydrogens (tertiary/aromatic N) is 1. The molecule has 0 radical (unpaired) electrons. The Morgan fingerprint density at radius 1 is 1.28 bits per heavy atom. The van der Waals surface area contributed by atoms with Crippen molar-refractivity contribution in [1.29, 1.82) is 0 Å². The Bertz CT molecular complexity index is 764. The van der Waals surface area contributed by atoms with Crippen LogP contribution in [0.5, 0.6) is 11.5 Å². The Balaban J connectivity index is 0.00000182. The number of carbonyl (C=O) groups excluding carboxylic acids is 1. The molecule has 7 nitrogen and oxygen atoms in total. The molecule has 1 aromatic heterocycles. The van der Waals surface area contributed by atoms with Crippen LogP contribution in [0.2, 0.25) is 0 Å². The number of nitrogens with two attached hydrogens (primary N) is 1. The smallest absolute Gasteiger partial charge is 0.231 e. The number of carbonyl (C=O) groups is 1. The quantitative estimate of drug-likeness (QED) is 0.777. The largest absolute Gasteiger partial charge is 0.454 e. The van der Waals surface area contributed by atoms with Crippen LogP contribution in [0.15, 0.2) is 24.4 Å². The predicted molar refractivity (Wildman–Crippen MR) is 96.0 cm³/mol. The number of ether oxygens (including phenoxy) is 2. The Labute approximate surface area is 151 Å². The van der Waals surface area contributed by atoms with E-state index in [1.165, 1.54) is 0 Å². The predicted octanol–water partition coefficient (Wildman–Crippen LogP) is 2.68. The van der Waals surface area contributed by atoms with Crippen LogP contribution in [0.25, 0.3) is 11.1 Å². The Hall–Kier alpha value is -2.25. The summed E-state index contributed by atoms with van der Waals surface area (Å²) in [7, 11) is 0. The first kappa shape index (κ1) is 17.6. The van der Waals surface area contributed by atoms with Crippen LogP contribution in [-0.4, -0.2) is 28.9 Å². The molecule has 0 spiro atoms. The number of amides is 1. The molecule has 1 saturated carbocycles. The lowest BCUT2D eigenvalue weighted by Gasteiger charge is -2.25. The zero-order valence-electron chi connectivity index (χ0n) is 13.7. The molecule has 2 atom stereocenters. The number of aromatic amines is 1. The number of nitrogens with one attached hydrogen (secondary N) is 2. The molecule has 1 fully saturated rings. The summed E-state index contributed by atoms with van der Waals surface area (Å²) in [5.41, 5.74) is 7.71. The van der Waals surface area contributed by atoms with Crippen molar-refractivity contribution >= 4 is 24.1 Å². The van der Waals surface area contributed by atoms with Gasteiger partial charge in [0.2, 0.25) is 12.7 Å². The summed E-state index contributed by atoms with van der Waals surface area (Å²) in [4.78, 5) is 12.5. The molecule has 2 heterocycles. The molecule has 2 aromatic rings. The van der Waals surface area contributed by atoms with E-state index in [2.05, 4.69) is 15.5 Å². The van der Waals surface area contributed by atoms with E-state index in [1.807, 2.05) is 18.2 Å². The molecular weight excluding hydrogens is 344 g/mol. The van der Waals surface area contributed by atoms with E-state index in [4.69, 9.17) is 15.2 Å². The molecule has 2 unspecified atom stereocenters. The lowest BCUT2D eigenvalue weighted by atomic mass is 9.85. The number of benzene rings is 1. The molecule has 1 aliphatic heterocycles. The van der Waals surface area contributed by atoms with E-state index >= 15 is 0 Å². The Kier molecular flexibility index (Phi) is 5.15. The van der Waals surface area contributed by atoms with Gasteiger partial charge in [-0.3, -0.25) is 9.89 Å². The Morgan fingerprint density at radius 3 is 2.96 bits per heavy atom. The third-order valence-corrected chi connectivity index (χ3v) is 4.66. The maximum atomic E-state index is 12.5. The second-order valence-corrected chi connectivity index (χ2v) is 6.34. The van der Waals surface area contributed by atoms with E-state index < -0.39 is 0 Å². The molecule has 0 saturated heterocycles. The van der Waals surface area contributed by atoms with Crippen LogP contribution in [0.1, 0.15) is 25.7 Å². The van der Waals surface area contributed by atoms with E-state index in [1.54, 1.807) is 6.20 Å². The van der Waals surface area contributed by atoms with Crippen molar-refractivity contribution in [2.24, 2.45) is 11.7 Å². The van der Waals surface area contributed by atoms with Gasteiger partial charge in [-0.2, -0.15) is 5.10 Å². The molecule has 1 amide bonds. The monoisotopic (exact) mass is 364 g/mol. The first-order valence-electron chi connectivity index (χ1n) is 8.20. The van der Waals surface area contributed by atoms with Crippen molar-refractivity contribution in [3.05, 3.63) is 24.4 Å². The van der Waals surface area contributed by atoms with Crippen LogP contribution in [0, 0.1) is 5.92 Å². The fourth-order valence-electron chi connectivity index (χ4n) is 3.36. The third-order valence-electron chi connectivity index (χ3n) is 4.66. The summed E-state index contributed by atoms with van der Waals surface area (Å²) in [6.07, 6.45) is 5.31. The molecule has 8 heteroatoms. The van der Waals surface area contributed by atoms with E-state index in [0.29, 0.717) is 11.6 Å². The normalized spacial score (nSPS) is 21.5. The second kappa shape index (κ2) is 7.33. The maximum Gasteiger partial charge on any atom is 0.231 e. The third kappa shape index (κ3) is 3.57. The van der Waals surface area contributed by atoms with Crippen LogP contribution < -0.4 is 20.5 Å². The minimum absolute atomic E-state index is 0. The number of aromatic nitrogens is 2. The van der Waals surface area contributed by atoms with Gasteiger partial charge in [-0.05, 0) is 37.0 Å². The van der Waals surface area contributed by atoms with E-state index in [-0.39, 0.29) is 37.1 Å². The highest BCUT2D eigenvalue weighted by atomic mass is 35.5. The van der Waals surface area contributed by atoms with Gasteiger partial charge < -0.3 is 20.5 Å². The molecule has 25 heavy (non-hydrogen) atoms. The summed E-state index contributed by atoms with van der Waals surface area (Å²) < 4.78 is 10.7. The summed E-state index contributed by atoms with van der Waals surface area (Å²) in [6, 6.07) is 5.78. The first-order valence-corrected chi connectivity index (χ1v) is 8.20. The van der Waals surface area contributed by atoms with Crippen molar-refractivity contribution in [1.82, 2.24) is 10.2 Å². The average molecular weight is 365 g/mol. The van der Waals surface area contributed by atoms with Crippen molar-refractivity contribution in [2.45, 2.75) is 31.7 Å². The highest BCUT2D eigenvalue weighted by molar-refractivity contribution is 5.95. The van der Waals surface area contributed by atoms with E-state index in [0.717, 1.165) is 42.6 Å². The number of halogens is 1. The molecule has 4 N–H and O–H groups in total. The molecule has 4 rings (SSSR count). The number of anilines is 1. The van der Waals surface area contributed by atoms with Gasteiger partial charge in [0, 0.05) is 17.5 Å². The van der Waals surface area contributed by atoms with Crippen molar-refractivity contribution in [3.8, 4) is 22.6 Å². The van der Waals surface area contributed by atoms with Crippen LogP contribution in [-0.2, 0) is 4.79 Å². The van der Waals surface area contributed by atoms with Crippen molar-refractivity contribution in [3.63, 3.8) is 0 Å². The zero-order chi connectivity index (χ0) is 16.5. The zero-order valence-corrected chi connectivity index (χ0v) is 14.5. The molecular formula is C17H21ClN4O3. The maximum absolute atomic E-state index is 12.5. The fourth-order valence-corrected chi connectivity index (χ4v) is 3.36. The first-order chi connectivity index (χ1) is 11.7. The van der Waals surface area contributed by atoms with Gasteiger partial charge >= 0.3 is 0 Å². The van der Waals surface area contributed by atoms with Gasteiger partial charge in [0.05, 0.1) is 6.20 Å². The standard InChI is InChI=1S/C17H20N4O3.ClH/c18-12-3-1-2-11(6-12)17(22)20-16-13(8-19-21-16)10-4-5-14-15(7-10)24-9-23-14;/h4-5,7-8,11-12H,1-3,6,9,18H2,(H2,19,20,21,22);1H. The SMILES string of the molecule is Cl.NC1CCCC(C(=O)Nc2[nH]ncc2-c2ccc3c(c2)OCO3)C1. The highest BCUT2D eigenvalue weighted by Gasteiger charge is 2.26. The lowest BCUT2D eigenvalue weighted by molar-refractivity contribution is -0.120. The number of hydrogen-bond acceptors (Lipinski definition) is 5. The second-order valence-electron chi connectivity index (χ2n) is 6.34. The number of rotatable bonds is 3. The van der Waals surface area contributed by atoms with Gasteiger partial charge in [0.15, 0.2) is 11.5 Å². The van der Waals surface area contributed by atoms with E-state index in [9.17, 15) is 4.79 Å². The van der Waals surface area contributed by atoms with Gasteiger partial charge in [-0.25, -0.2) is 0 Å². The summed E-state index contributed by atoms with van der Waals surface area (Å²) in [6.45, 7) is 0.232. The van der Waals surface area contributed by atoms with Crippen LogP contribution in [0.4, 0.5) is 5.82 Å². The van der Waals surface area contributed by atoms with Gasteiger partial charge in [0.25, 0.3) is 0 Å². The van der Waals surface area contributed by atoms with Crippen molar-refractivity contribution < 1.29 is 14.3 Å². The van der Waals surface area contributed by atoms with Crippen molar-refractivity contribution in [2.75, 3.05) is 12.1 Å². The van der Waals surface area contributed by atoms with Gasteiger partial charge in [0.1, 0.15) is 5.82 Å². The molecule has 134 valence electrons. The fraction of sp³-hybridized carbons (Fsp3) is 0.412. The van der Waals surface area contributed by atoms with Gasteiger partial charge in [-0.15, -0.1) is 12.4 Å². The molecule has 1 aliphatic carbocycles. The molecule has 1 aromatic carbocycles. The number of hydrogen-bond donors (Lipinski definition) is 3. The summed E-state index contributed by atoms with van der Waals surface area (Å²) in [5, 5.41) is 9.90. The topological polar surface area (TPSA) is 102 Å². The summed E-state index contributed by atoms with van der Waals surface area (Å²) in [5.74, 6) is 1.98. The molecule has 2 aliphatic rings. The summed E-state index contributed by atoms with van der Waals surface area (Å²) >= 11 is 0. The lowest BCUT2D eigenvalue weighted by Crippen LogP contribution is -2.34. The molecule has 0 bridgehead atoms. The van der Waals surface area contributed by atoms with Crippen LogP contribution >= 0.6 is 12.4 Å². The Morgan fingerprint density at radius 2 is 2.12 bits per heavy atom. The van der Waals surface area contributed by atoms with Crippen LogP contribution in [0.3, 0.4) is 0 Å². The number of H-pyrrole nitrogens is 1. The number of fused-ring (bicyclic) bond motifs is 1. The van der Waals surface area contributed by atoms with Gasteiger partial charge in [-0.1, -0.05) is 12.5 Å².